The van der Waals surface area contributed by atoms with E-state index in [2.05, 4.69) is 43.0 Å². The fraction of sp³-hybridized carbons (Fsp3) is 0.333. The zero-order valence-electron chi connectivity index (χ0n) is 12.3. The summed E-state index contributed by atoms with van der Waals surface area (Å²) in [5, 5.41) is 12.3. The van der Waals surface area contributed by atoms with E-state index in [4.69, 9.17) is 10.3 Å². The van der Waals surface area contributed by atoms with Gasteiger partial charge >= 0.3 is 0 Å². The summed E-state index contributed by atoms with van der Waals surface area (Å²) in [6, 6.07) is 8.28. The highest BCUT2D eigenvalue weighted by atomic mass is 127. The van der Waals surface area contributed by atoms with E-state index in [0.717, 1.165) is 28.5 Å². The zero-order valence-corrected chi connectivity index (χ0v) is 14.4. The lowest BCUT2D eigenvalue weighted by Crippen LogP contribution is -2.38. The third-order valence-electron chi connectivity index (χ3n) is 4.00. The maximum absolute atomic E-state index is 5.81. The van der Waals surface area contributed by atoms with E-state index in [9.17, 15) is 0 Å². The minimum Gasteiger partial charge on any atom is -0.332 e. The summed E-state index contributed by atoms with van der Waals surface area (Å²) in [4.78, 5) is 4.40. The van der Waals surface area contributed by atoms with Gasteiger partial charge in [0.1, 0.15) is 0 Å². The summed E-state index contributed by atoms with van der Waals surface area (Å²) in [6.45, 7) is 0.832. The fourth-order valence-corrected chi connectivity index (χ4v) is 3.09. The van der Waals surface area contributed by atoms with Gasteiger partial charge in [0, 0.05) is 21.7 Å². The minimum absolute atomic E-state index is 0.343. The van der Waals surface area contributed by atoms with Crippen LogP contribution in [0.2, 0.25) is 0 Å². The highest BCUT2D eigenvalue weighted by Gasteiger charge is 2.26. The molecule has 118 valence electrons. The number of rotatable bonds is 4. The number of nitrogens with zero attached hydrogens (tertiary/aromatic N) is 5. The Balaban J connectivity index is 1.50. The van der Waals surface area contributed by atoms with Crippen LogP contribution < -0.4 is 5.73 Å². The Kier molecular flexibility index (Phi) is 3.85. The van der Waals surface area contributed by atoms with Crippen LogP contribution in [0.15, 0.2) is 35.0 Å². The predicted octanol–water partition coefficient (Wildman–Crippen LogP) is 2.34. The molecule has 0 atom stereocenters. The molecule has 0 aliphatic heterocycles. The molecule has 0 amide bonds. The Hall–Kier alpha value is -1.81. The third kappa shape index (κ3) is 3.13. The van der Waals surface area contributed by atoms with Gasteiger partial charge in [-0.25, -0.2) is 0 Å². The second-order valence-corrected chi connectivity index (χ2v) is 7.10. The van der Waals surface area contributed by atoms with Crippen molar-refractivity contribution in [2.45, 2.75) is 25.4 Å². The molecule has 0 unspecified atom stereocenters. The van der Waals surface area contributed by atoms with Crippen molar-refractivity contribution in [1.29, 1.82) is 0 Å². The molecule has 1 fully saturated rings. The Morgan fingerprint density at radius 2 is 2.04 bits per heavy atom. The van der Waals surface area contributed by atoms with Crippen LogP contribution >= 0.6 is 22.6 Å². The number of aromatic nitrogens is 5. The maximum atomic E-state index is 5.81. The topological polar surface area (TPSA) is 95.7 Å². The van der Waals surface area contributed by atoms with Crippen molar-refractivity contribution < 1.29 is 4.52 Å². The Morgan fingerprint density at radius 1 is 1.26 bits per heavy atom. The van der Waals surface area contributed by atoms with E-state index >= 15 is 0 Å². The molecule has 0 bridgehead atoms. The average Bonchev–Trinajstić information content (AvgIpc) is 3.15. The van der Waals surface area contributed by atoms with E-state index < -0.39 is 0 Å². The molecule has 1 saturated carbocycles. The summed E-state index contributed by atoms with van der Waals surface area (Å²) in [5.74, 6) is 1.52. The van der Waals surface area contributed by atoms with Crippen LogP contribution in [0, 0.1) is 9.49 Å². The molecule has 4 rings (SSSR count). The molecule has 23 heavy (non-hydrogen) atoms. The van der Waals surface area contributed by atoms with Crippen molar-refractivity contribution in [2.24, 2.45) is 11.7 Å². The monoisotopic (exact) mass is 422 g/mol. The van der Waals surface area contributed by atoms with Gasteiger partial charge in [0.15, 0.2) is 5.69 Å². The van der Waals surface area contributed by atoms with Gasteiger partial charge < -0.3 is 10.3 Å². The lowest BCUT2D eigenvalue weighted by atomic mass is 9.81. The quantitative estimate of drug-likeness (QED) is 0.649. The van der Waals surface area contributed by atoms with Crippen molar-refractivity contribution in [3.8, 4) is 23.0 Å². The second kappa shape index (κ2) is 6.00. The van der Waals surface area contributed by atoms with E-state index in [1.165, 1.54) is 0 Å². The van der Waals surface area contributed by atoms with Crippen molar-refractivity contribution in [1.82, 2.24) is 25.1 Å². The molecule has 1 aromatic carbocycles. The molecule has 1 aliphatic rings. The first-order valence-corrected chi connectivity index (χ1v) is 8.51. The molecule has 1 aliphatic carbocycles. The Labute approximate surface area is 146 Å². The summed E-state index contributed by atoms with van der Waals surface area (Å²) >= 11 is 2.26. The van der Waals surface area contributed by atoms with Crippen molar-refractivity contribution in [2.75, 3.05) is 0 Å². The van der Waals surface area contributed by atoms with Crippen LogP contribution in [0.4, 0.5) is 0 Å². The van der Waals surface area contributed by atoms with Crippen LogP contribution in [0.5, 0.6) is 0 Å². The highest BCUT2D eigenvalue weighted by molar-refractivity contribution is 14.1. The Morgan fingerprint density at radius 3 is 2.78 bits per heavy atom. The summed E-state index contributed by atoms with van der Waals surface area (Å²) in [7, 11) is 0. The van der Waals surface area contributed by atoms with Crippen LogP contribution in [0.3, 0.4) is 0 Å². The largest absolute Gasteiger partial charge is 0.332 e. The van der Waals surface area contributed by atoms with Gasteiger partial charge in [-0.2, -0.15) is 4.98 Å². The number of hydrogen-bond donors (Lipinski definition) is 1. The molecule has 2 N–H and O–H groups in total. The van der Waals surface area contributed by atoms with Crippen LogP contribution in [0.1, 0.15) is 12.8 Å². The maximum Gasteiger partial charge on any atom is 0.280 e. The zero-order chi connectivity index (χ0) is 15.8. The van der Waals surface area contributed by atoms with Gasteiger partial charge in [-0.05, 0) is 53.5 Å². The summed E-state index contributed by atoms with van der Waals surface area (Å²) in [5.41, 5.74) is 7.32. The normalized spacial score (nSPS) is 20.4. The molecule has 7 nitrogen and oxygen atoms in total. The number of nitrogens with two attached hydrogens (primary N) is 1. The van der Waals surface area contributed by atoms with Gasteiger partial charge in [-0.15, -0.1) is 5.10 Å². The third-order valence-corrected chi connectivity index (χ3v) is 4.72. The number of halogens is 1. The molecule has 3 aromatic rings. The molecule has 2 heterocycles. The number of benzene rings is 1. The standard InChI is InChI=1S/C15H15IN6O/c16-11-3-1-10(2-4-11)14-18-15(23-20-14)13-8-22(21-19-13)7-9-5-12(17)6-9/h1-4,8-9,12H,5-7,17H2. The molecule has 0 spiro atoms. The van der Waals surface area contributed by atoms with Gasteiger partial charge in [0.05, 0.1) is 6.20 Å². The average molecular weight is 422 g/mol. The van der Waals surface area contributed by atoms with Gasteiger partial charge in [0.2, 0.25) is 5.82 Å². The van der Waals surface area contributed by atoms with E-state index in [-0.39, 0.29) is 0 Å². The molecule has 8 heteroatoms. The van der Waals surface area contributed by atoms with Gasteiger partial charge in [-0.1, -0.05) is 22.5 Å². The van der Waals surface area contributed by atoms with E-state index in [1.54, 1.807) is 0 Å². The first-order chi connectivity index (χ1) is 11.2. The van der Waals surface area contributed by atoms with E-state index in [1.807, 2.05) is 35.1 Å². The van der Waals surface area contributed by atoms with Crippen molar-refractivity contribution >= 4 is 22.6 Å². The highest BCUT2D eigenvalue weighted by Crippen LogP contribution is 2.27. The fourth-order valence-electron chi connectivity index (χ4n) is 2.73. The molecular weight excluding hydrogens is 407 g/mol. The summed E-state index contributed by atoms with van der Waals surface area (Å²) < 4.78 is 8.29. The van der Waals surface area contributed by atoms with Crippen LogP contribution in [-0.4, -0.2) is 31.2 Å². The van der Waals surface area contributed by atoms with Gasteiger partial charge in [-0.3, -0.25) is 4.68 Å². The second-order valence-electron chi connectivity index (χ2n) is 5.85. The first-order valence-electron chi connectivity index (χ1n) is 7.43. The smallest absolute Gasteiger partial charge is 0.280 e. The summed E-state index contributed by atoms with van der Waals surface area (Å²) in [6.07, 6.45) is 3.94. The SMILES string of the molecule is NC1CC(Cn2cc(-c3nc(-c4ccc(I)cc4)no3)nn2)C1. The van der Waals surface area contributed by atoms with E-state index in [0.29, 0.717) is 29.4 Å². The van der Waals surface area contributed by atoms with Crippen molar-refractivity contribution in [3.05, 3.63) is 34.0 Å². The lowest BCUT2D eigenvalue weighted by molar-refractivity contribution is 0.225. The molecular formula is C15H15IN6O. The van der Waals surface area contributed by atoms with Gasteiger partial charge in [0.25, 0.3) is 5.89 Å². The van der Waals surface area contributed by atoms with Crippen LogP contribution in [-0.2, 0) is 6.54 Å². The Bertz CT molecular complexity index is 805. The lowest BCUT2D eigenvalue weighted by Gasteiger charge is -2.31. The molecule has 2 aromatic heterocycles. The molecule has 0 saturated heterocycles. The van der Waals surface area contributed by atoms with Crippen molar-refractivity contribution in [3.63, 3.8) is 0 Å². The first kappa shape index (κ1) is 14.8. The minimum atomic E-state index is 0.343. The molecule has 0 radical (unpaired) electrons. The van der Waals surface area contributed by atoms with Crippen LogP contribution in [0.25, 0.3) is 23.0 Å². The number of hydrogen-bond acceptors (Lipinski definition) is 6. The predicted molar refractivity (Wildman–Crippen MR) is 92.2 cm³/mol.